The summed E-state index contributed by atoms with van der Waals surface area (Å²) in [6.07, 6.45) is 0. The first-order valence-corrected chi connectivity index (χ1v) is 5.81. The van der Waals surface area contributed by atoms with Gasteiger partial charge in [-0.05, 0) is 0 Å². The van der Waals surface area contributed by atoms with Crippen molar-refractivity contribution in [3.05, 3.63) is 0 Å². The quantitative estimate of drug-likeness (QED) is 0.567. The van der Waals surface area contributed by atoms with Gasteiger partial charge in [-0.15, -0.1) is 0 Å². The fourth-order valence-corrected chi connectivity index (χ4v) is 1.03. The van der Waals surface area contributed by atoms with Crippen LogP contribution in [0, 0.1) is 0 Å². The summed E-state index contributed by atoms with van der Waals surface area (Å²) in [5, 5.41) is 1.88. The molecule has 0 aliphatic carbocycles. The van der Waals surface area contributed by atoms with E-state index in [0.717, 1.165) is 0 Å². The molecule has 0 aromatic rings. The van der Waals surface area contributed by atoms with Crippen molar-refractivity contribution < 1.29 is 27.7 Å². The molecule has 50 valence electrons. The summed E-state index contributed by atoms with van der Waals surface area (Å²) in [5.74, 6) is 0. The second-order valence-electron chi connectivity index (χ2n) is 1.47. The molecule has 0 fully saturated rings. The third-order valence-electron chi connectivity index (χ3n) is 1.11. The summed E-state index contributed by atoms with van der Waals surface area (Å²) in [6, 6.07) is 0. The molecule has 0 heterocycles. The average Bonchev–Trinajstić information content (AvgIpc) is 1.87. The van der Waals surface area contributed by atoms with Crippen LogP contribution >= 0.6 is 0 Å². The van der Waals surface area contributed by atoms with E-state index in [1.165, 1.54) is 0 Å². The van der Waals surface area contributed by atoms with E-state index in [2.05, 4.69) is 0 Å². The molecule has 0 amide bonds. The van der Waals surface area contributed by atoms with Gasteiger partial charge in [-0.3, -0.25) is 0 Å². The van der Waals surface area contributed by atoms with Crippen LogP contribution in [-0.2, 0) is 27.7 Å². The van der Waals surface area contributed by atoms with Gasteiger partial charge in [-0.25, -0.2) is 0 Å². The van der Waals surface area contributed by atoms with Crippen molar-refractivity contribution in [1.29, 1.82) is 0 Å². The van der Waals surface area contributed by atoms with Gasteiger partial charge in [0.15, 0.2) is 0 Å². The SMILES string of the molecule is C[O][Ti]([CH3])([O]C)[O]C. The Labute approximate surface area is 54.7 Å². The zero-order valence-corrected chi connectivity index (χ0v) is 7.29. The Morgan fingerprint density at radius 1 is 0.875 bits per heavy atom. The van der Waals surface area contributed by atoms with Crippen molar-refractivity contribution in [2.75, 3.05) is 21.3 Å². The maximum atomic E-state index is 4.98. The summed E-state index contributed by atoms with van der Waals surface area (Å²) in [6.45, 7) is 0. The predicted molar refractivity (Wildman–Crippen MR) is 26.9 cm³/mol. The maximum absolute atomic E-state index is 4.98. The first-order chi connectivity index (χ1) is 3.68. The normalized spacial score (nSPS) is 12.0. The van der Waals surface area contributed by atoms with Crippen molar-refractivity contribution in [2.24, 2.45) is 0 Å². The van der Waals surface area contributed by atoms with Gasteiger partial charge >= 0.3 is 54.3 Å². The van der Waals surface area contributed by atoms with Crippen molar-refractivity contribution in [1.82, 2.24) is 0 Å². The van der Waals surface area contributed by atoms with Gasteiger partial charge in [-0.2, -0.15) is 0 Å². The van der Waals surface area contributed by atoms with Gasteiger partial charge in [0, 0.05) is 0 Å². The molecule has 0 aliphatic rings. The van der Waals surface area contributed by atoms with Gasteiger partial charge in [-0.1, -0.05) is 0 Å². The van der Waals surface area contributed by atoms with Crippen molar-refractivity contribution >= 4 is 0 Å². The molecule has 0 saturated carbocycles. The molecule has 0 rings (SSSR count). The van der Waals surface area contributed by atoms with Crippen LogP contribution in [0.4, 0.5) is 0 Å². The molecule has 0 radical (unpaired) electrons. The Morgan fingerprint density at radius 3 is 1.12 bits per heavy atom. The summed E-state index contributed by atoms with van der Waals surface area (Å²) in [5.41, 5.74) is 0. The van der Waals surface area contributed by atoms with Crippen LogP contribution in [0.1, 0.15) is 0 Å². The predicted octanol–water partition coefficient (Wildman–Crippen LogP) is 0.873. The molecule has 0 aromatic heterocycles. The Morgan fingerprint density at radius 2 is 1.12 bits per heavy atom. The zero-order valence-electron chi connectivity index (χ0n) is 5.72. The molecule has 3 nitrogen and oxygen atoms in total. The van der Waals surface area contributed by atoms with Crippen LogP contribution in [0.3, 0.4) is 0 Å². The zero-order chi connectivity index (χ0) is 6.62. The standard InChI is InChI=1S/3CH3O.CH3.Ti/c3*1-2;;/h3*1H3;1H3;/q3*-1;;+3. The molecule has 8 heavy (non-hydrogen) atoms. The molecule has 0 aliphatic heterocycles. The third kappa shape index (κ3) is 2.24. The Bertz CT molecular complexity index is 54.0. The monoisotopic (exact) mass is 156 g/mol. The number of hydrogen-bond acceptors (Lipinski definition) is 3. The van der Waals surface area contributed by atoms with Gasteiger partial charge in [0.2, 0.25) is 0 Å². The summed E-state index contributed by atoms with van der Waals surface area (Å²) < 4.78 is 14.9. The van der Waals surface area contributed by atoms with E-state index in [0.29, 0.717) is 0 Å². The topological polar surface area (TPSA) is 27.7 Å². The van der Waals surface area contributed by atoms with Crippen LogP contribution in [0.2, 0.25) is 5.23 Å². The molecule has 4 heteroatoms. The molecular weight excluding hydrogens is 144 g/mol. The molecule has 0 atom stereocenters. The van der Waals surface area contributed by atoms with Crippen LogP contribution in [-0.4, -0.2) is 21.3 Å². The van der Waals surface area contributed by atoms with E-state index in [1.54, 1.807) is 21.3 Å². The molecule has 0 saturated heterocycles. The van der Waals surface area contributed by atoms with Crippen molar-refractivity contribution in [2.45, 2.75) is 5.23 Å². The Kier molecular flexibility index (Phi) is 3.85. The molecule has 0 unspecified atom stereocenters. The van der Waals surface area contributed by atoms with E-state index in [9.17, 15) is 0 Å². The van der Waals surface area contributed by atoms with E-state index in [1.807, 2.05) is 5.23 Å². The van der Waals surface area contributed by atoms with Crippen LogP contribution in [0.25, 0.3) is 0 Å². The second kappa shape index (κ2) is 3.59. The third-order valence-corrected chi connectivity index (χ3v) is 4.59. The molecule has 0 aromatic carbocycles. The minimum atomic E-state index is -2.62. The number of rotatable bonds is 3. The van der Waals surface area contributed by atoms with Crippen molar-refractivity contribution in [3.8, 4) is 0 Å². The van der Waals surface area contributed by atoms with E-state index in [-0.39, 0.29) is 0 Å². The van der Waals surface area contributed by atoms with Gasteiger partial charge in [0.25, 0.3) is 0 Å². The first-order valence-electron chi connectivity index (χ1n) is 2.34. The first kappa shape index (κ1) is 8.59. The molecule has 0 N–H and O–H groups in total. The van der Waals surface area contributed by atoms with E-state index in [4.69, 9.17) is 9.96 Å². The van der Waals surface area contributed by atoms with Crippen LogP contribution in [0.5, 0.6) is 0 Å². The minimum absolute atomic E-state index is 1.60. The molecule has 0 bridgehead atoms. The van der Waals surface area contributed by atoms with Crippen LogP contribution in [0.15, 0.2) is 0 Å². The Hall–Kier alpha value is 0.594. The summed E-state index contributed by atoms with van der Waals surface area (Å²) in [7, 11) is 4.81. The fraction of sp³-hybridized carbons (Fsp3) is 1.00. The number of hydrogen-bond donors (Lipinski definition) is 0. The summed E-state index contributed by atoms with van der Waals surface area (Å²) >= 11 is -2.62. The average molecular weight is 156 g/mol. The van der Waals surface area contributed by atoms with Gasteiger partial charge in [0.05, 0.1) is 0 Å². The Balaban J connectivity index is 3.58. The molecular formula is C4H12O3Ti. The van der Waals surface area contributed by atoms with Crippen molar-refractivity contribution in [3.63, 3.8) is 0 Å². The van der Waals surface area contributed by atoms with Gasteiger partial charge in [0.1, 0.15) is 0 Å². The fourth-order valence-electron chi connectivity index (χ4n) is 0.250. The second-order valence-corrected chi connectivity index (χ2v) is 6.08. The summed E-state index contributed by atoms with van der Waals surface area (Å²) in [4.78, 5) is 0. The van der Waals surface area contributed by atoms with Gasteiger partial charge < -0.3 is 0 Å². The van der Waals surface area contributed by atoms with Crippen LogP contribution < -0.4 is 0 Å². The van der Waals surface area contributed by atoms with E-state index >= 15 is 0 Å². The molecule has 0 spiro atoms. The van der Waals surface area contributed by atoms with E-state index < -0.39 is 17.8 Å².